The molecule has 0 heterocycles. The van der Waals surface area contributed by atoms with Crippen molar-refractivity contribution in [2.45, 2.75) is 25.0 Å². The minimum atomic E-state index is -1.32. The molecule has 0 aliphatic rings. The third kappa shape index (κ3) is 3.79. The van der Waals surface area contributed by atoms with Crippen LogP contribution < -0.4 is 5.73 Å². The number of carboxylic acids is 1. The molecule has 7 nitrogen and oxygen atoms in total. The number of aliphatic carboxylic acids is 1. The summed E-state index contributed by atoms with van der Waals surface area (Å²) < 4.78 is 0. The van der Waals surface area contributed by atoms with Gasteiger partial charge in [-0.1, -0.05) is 12.1 Å². The van der Waals surface area contributed by atoms with Crippen molar-refractivity contribution >= 4 is 11.7 Å². The molecule has 0 saturated heterocycles. The van der Waals surface area contributed by atoms with E-state index >= 15 is 0 Å². The lowest BCUT2D eigenvalue weighted by molar-refractivity contribution is -0.384. The fourth-order valence-corrected chi connectivity index (χ4v) is 1.44. The fraction of sp³-hybridized carbons (Fsp3) is 0.364. The topological polar surface area (TPSA) is 127 Å². The van der Waals surface area contributed by atoms with Crippen molar-refractivity contribution in [2.24, 2.45) is 5.73 Å². The summed E-state index contributed by atoms with van der Waals surface area (Å²) in [5, 5.41) is 28.5. The largest absolute Gasteiger partial charge is 0.480 e. The second-order valence-corrected chi connectivity index (χ2v) is 3.89. The van der Waals surface area contributed by atoms with Crippen LogP contribution in [0.25, 0.3) is 0 Å². The molecule has 0 amide bonds. The Morgan fingerprint density at radius 1 is 1.39 bits per heavy atom. The number of rotatable bonds is 6. The van der Waals surface area contributed by atoms with Gasteiger partial charge in [0.15, 0.2) is 0 Å². The van der Waals surface area contributed by atoms with Gasteiger partial charge >= 0.3 is 5.97 Å². The third-order valence-electron chi connectivity index (χ3n) is 2.58. The summed E-state index contributed by atoms with van der Waals surface area (Å²) >= 11 is 0. The second-order valence-electron chi connectivity index (χ2n) is 3.89. The van der Waals surface area contributed by atoms with E-state index in [0.717, 1.165) is 5.56 Å². The summed E-state index contributed by atoms with van der Waals surface area (Å²) in [5.41, 5.74) is 6.01. The standard InChI is InChI=1S/C11H14N2O5/c12-10(11(15)16)9(14)6-3-7-1-4-8(5-2-7)13(17)18/h1-2,4-5,9-10,14H,3,6,12H2,(H,15,16)/t9-,10+/m0/s1. The molecule has 1 rings (SSSR count). The maximum Gasteiger partial charge on any atom is 0.323 e. The van der Waals surface area contributed by atoms with Crippen molar-refractivity contribution in [1.82, 2.24) is 0 Å². The molecule has 7 heteroatoms. The zero-order chi connectivity index (χ0) is 13.7. The van der Waals surface area contributed by atoms with E-state index in [1.54, 1.807) is 12.1 Å². The van der Waals surface area contributed by atoms with Crippen LogP contribution in [0, 0.1) is 10.1 Å². The Bertz CT molecular complexity index is 432. The molecule has 18 heavy (non-hydrogen) atoms. The first-order chi connectivity index (χ1) is 8.41. The molecule has 0 aromatic heterocycles. The van der Waals surface area contributed by atoms with Crippen molar-refractivity contribution in [2.75, 3.05) is 0 Å². The predicted octanol–water partition coefficient (Wildman–Crippen LogP) is 0.300. The molecule has 0 fully saturated rings. The molecule has 1 aromatic carbocycles. The van der Waals surface area contributed by atoms with Crippen LogP contribution in [0.5, 0.6) is 0 Å². The van der Waals surface area contributed by atoms with E-state index in [2.05, 4.69) is 0 Å². The lowest BCUT2D eigenvalue weighted by Gasteiger charge is -2.14. The Labute approximate surface area is 103 Å². The van der Waals surface area contributed by atoms with Gasteiger partial charge in [-0.25, -0.2) is 0 Å². The molecule has 2 atom stereocenters. The van der Waals surface area contributed by atoms with Crippen molar-refractivity contribution < 1.29 is 19.9 Å². The van der Waals surface area contributed by atoms with E-state index in [1.807, 2.05) is 0 Å². The van der Waals surface area contributed by atoms with E-state index in [0.29, 0.717) is 6.42 Å². The number of nitro benzene ring substituents is 1. The Kier molecular flexibility index (Phi) is 4.75. The quantitative estimate of drug-likeness (QED) is 0.495. The van der Waals surface area contributed by atoms with Gasteiger partial charge in [0.05, 0.1) is 11.0 Å². The van der Waals surface area contributed by atoms with Gasteiger partial charge in [0.25, 0.3) is 5.69 Å². The minimum Gasteiger partial charge on any atom is -0.480 e. The molecular weight excluding hydrogens is 240 g/mol. The average molecular weight is 254 g/mol. The van der Waals surface area contributed by atoms with Crippen molar-refractivity contribution in [3.63, 3.8) is 0 Å². The zero-order valence-electron chi connectivity index (χ0n) is 9.52. The van der Waals surface area contributed by atoms with Gasteiger partial charge in [-0.3, -0.25) is 14.9 Å². The number of aliphatic hydroxyl groups excluding tert-OH is 1. The molecule has 0 aliphatic carbocycles. The summed E-state index contributed by atoms with van der Waals surface area (Å²) in [6.45, 7) is 0. The van der Waals surface area contributed by atoms with Crippen LogP contribution in [-0.2, 0) is 11.2 Å². The van der Waals surface area contributed by atoms with Crippen molar-refractivity contribution in [3.8, 4) is 0 Å². The monoisotopic (exact) mass is 254 g/mol. The van der Waals surface area contributed by atoms with Gasteiger partial charge in [0.1, 0.15) is 6.04 Å². The van der Waals surface area contributed by atoms with Crippen LogP contribution in [0.3, 0.4) is 0 Å². The van der Waals surface area contributed by atoms with Crippen LogP contribution in [-0.4, -0.2) is 33.3 Å². The van der Waals surface area contributed by atoms with Crippen LogP contribution in [0.15, 0.2) is 24.3 Å². The minimum absolute atomic E-state index is 0.0125. The van der Waals surface area contributed by atoms with Gasteiger partial charge in [-0.15, -0.1) is 0 Å². The predicted molar refractivity (Wildman–Crippen MR) is 63.0 cm³/mol. The van der Waals surface area contributed by atoms with Gasteiger partial charge < -0.3 is 15.9 Å². The highest BCUT2D eigenvalue weighted by molar-refractivity contribution is 5.73. The fourth-order valence-electron chi connectivity index (χ4n) is 1.44. The van der Waals surface area contributed by atoms with Gasteiger partial charge in [-0.2, -0.15) is 0 Å². The lowest BCUT2D eigenvalue weighted by Crippen LogP contribution is -2.41. The van der Waals surface area contributed by atoms with Gasteiger partial charge in [0.2, 0.25) is 0 Å². The van der Waals surface area contributed by atoms with Gasteiger partial charge in [-0.05, 0) is 18.4 Å². The number of nitrogens with zero attached hydrogens (tertiary/aromatic N) is 1. The molecule has 4 N–H and O–H groups in total. The Balaban J connectivity index is 2.53. The van der Waals surface area contributed by atoms with E-state index in [1.165, 1.54) is 12.1 Å². The lowest BCUT2D eigenvalue weighted by atomic mass is 10.0. The Morgan fingerprint density at radius 3 is 2.39 bits per heavy atom. The number of non-ortho nitro benzene ring substituents is 1. The molecule has 0 spiro atoms. The summed E-state index contributed by atoms with van der Waals surface area (Å²) in [4.78, 5) is 20.4. The van der Waals surface area contributed by atoms with Crippen LogP contribution in [0.1, 0.15) is 12.0 Å². The molecule has 0 unspecified atom stereocenters. The van der Waals surface area contributed by atoms with Crippen molar-refractivity contribution in [1.29, 1.82) is 0 Å². The van der Waals surface area contributed by atoms with E-state index in [9.17, 15) is 20.0 Å². The Hall–Kier alpha value is -1.99. The molecule has 0 radical (unpaired) electrons. The normalized spacial score (nSPS) is 13.9. The zero-order valence-corrected chi connectivity index (χ0v) is 9.52. The first kappa shape index (κ1) is 14.1. The van der Waals surface area contributed by atoms with Crippen LogP contribution in [0.4, 0.5) is 5.69 Å². The second kappa shape index (κ2) is 6.08. The van der Waals surface area contributed by atoms with Gasteiger partial charge in [0, 0.05) is 12.1 Å². The van der Waals surface area contributed by atoms with Crippen LogP contribution in [0.2, 0.25) is 0 Å². The summed E-state index contributed by atoms with van der Waals surface area (Å²) in [6.07, 6.45) is -0.552. The van der Waals surface area contributed by atoms with E-state index in [-0.39, 0.29) is 12.1 Å². The molecular formula is C11H14N2O5. The first-order valence-corrected chi connectivity index (χ1v) is 5.31. The number of benzene rings is 1. The number of nitrogens with two attached hydrogens (primary N) is 1. The number of carbonyl (C=O) groups is 1. The molecule has 0 bridgehead atoms. The summed E-state index contributed by atoms with van der Waals surface area (Å²) in [7, 11) is 0. The molecule has 0 saturated carbocycles. The number of aryl methyl sites for hydroxylation is 1. The highest BCUT2D eigenvalue weighted by Crippen LogP contribution is 2.14. The third-order valence-corrected chi connectivity index (χ3v) is 2.58. The smallest absolute Gasteiger partial charge is 0.323 e. The highest BCUT2D eigenvalue weighted by atomic mass is 16.6. The Morgan fingerprint density at radius 2 is 1.94 bits per heavy atom. The number of hydrogen-bond acceptors (Lipinski definition) is 5. The molecule has 1 aromatic rings. The van der Waals surface area contributed by atoms with Crippen LogP contribution >= 0.6 is 0 Å². The highest BCUT2D eigenvalue weighted by Gasteiger charge is 2.21. The first-order valence-electron chi connectivity index (χ1n) is 5.31. The average Bonchev–Trinajstić information content (AvgIpc) is 2.35. The SMILES string of the molecule is N[C@@H](C(=O)O)[C@@H](O)CCc1ccc([N+](=O)[O-])cc1. The van der Waals surface area contributed by atoms with E-state index < -0.39 is 23.0 Å². The van der Waals surface area contributed by atoms with Crippen molar-refractivity contribution in [3.05, 3.63) is 39.9 Å². The maximum absolute atomic E-state index is 10.5. The molecule has 0 aliphatic heterocycles. The summed E-state index contributed by atoms with van der Waals surface area (Å²) in [6, 6.07) is 4.54. The number of nitro groups is 1. The number of hydrogen-bond donors (Lipinski definition) is 3. The summed E-state index contributed by atoms with van der Waals surface area (Å²) in [5.74, 6) is -1.26. The van der Waals surface area contributed by atoms with E-state index in [4.69, 9.17) is 10.8 Å². The maximum atomic E-state index is 10.5. The molecule has 98 valence electrons. The number of aliphatic hydroxyl groups is 1. The number of carboxylic acid groups (broad SMARTS) is 1.